The van der Waals surface area contributed by atoms with Crippen molar-refractivity contribution >= 4 is 5.97 Å². The normalized spacial score (nSPS) is 12.4. The summed E-state index contributed by atoms with van der Waals surface area (Å²) < 4.78 is 0. The van der Waals surface area contributed by atoms with Crippen LogP contribution in [-0.4, -0.2) is 11.1 Å². The van der Waals surface area contributed by atoms with E-state index in [-0.39, 0.29) is 0 Å². The lowest BCUT2D eigenvalue weighted by molar-refractivity contribution is -0.137. The van der Waals surface area contributed by atoms with E-state index in [1.54, 1.807) is 0 Å². The average molecular weight is 327 g/mol. The van der Waals surface area contributed by atoms with E-state index in [0.717, 1.165) is 18.8 Å². The maximum atomic E-state index is 10.4. The fourth-order valence-corrected chi connectivity index (χ4v) is 3.09. The Kier molecular flexibility index (Phi) is 17.4. The summed E-state index contributed by atoms with van der Waals surface area (Å²) in [5.74, 6) is 0.271. The van der Waals surface area contributed by atoms with E-state index < -0.39 is 5.97 Å². The first-order valence-corrected chi connectivity index (χ1v) is 10.4. The van der Waals surface area contributed by atoms with Gasteiger partial charge in [0.1, 0.15) is 0 Å². The maximum Gasteiger partial charge on any atom is 0.303 e. The highest BCUT2D eigenvalue weighted by Gasteiger charge is 1.99. The molecule has 0 unspecified atom stereocenters. The van der Waals surface area contributed by atoms with Crippen molar-refractivity contribution in [2.75, 3.05) is 0 Å². The predicted molar refractivity (Wildman–Crippen MR) is 101 cm³/mol. The minimum Gasteiger partial charge on any atom is -0.481 e. The first-order valence-electron chi connectivity index (χ1n) is 10.4. The summed E-state index contributed by atoms with van der Waals surface area (Å²) in [4.78, 5) is 10.4. The van der Waals surface area contributed by atoms with Gasteiger partial charge in [-0.1, -0.05) is 110 Å². The summed E-state index contributed by atoms with van der Waals surface area (Å²) in [7, 11) is 0. The fourth-order valence-electron chi connectivity index (χ4n) is 3.09. The maximum absolute atomic E-state index is 10.4. The van der Waals surface area contributed by atoms with Crippen molar-refractivity contribution in [1.29, 1.82) is 0 Å². The molecule has 0 bridgehead atoms. The predicted octanol–water partition coefficient (Wildman–Crippen LogP) is 7.36. The van der Waals surface area contributed by atoms with Gasteiger partial charge in [0.15, 0.2) is 0 Å². The fraction of sp³-hybridized carbons (Fsp3) is 0.952. The standard InChI is InChI=1S/C21H42O2/c1-3-20(2)18-16-14-12-10-8-6-4-5-7-9-11-13-15-17-19-21(22)23/h20H,3-19H2,1-2H3,(H,22,23)/t20-/m1/s1. The van der Waals surface area contributed by atoms with Gasteiger partial charge in [-0.2, -0.15) is 0 Å². The van der Waals surface area contributed by atoms with Crippen LogP contribution in [0.25, 0.3) is 0 Å². The highest BCUT2D eigenvalue weighted by atomic mass is 16.4. The second-order valence-electron chi connectivity index (χ2n) is 7.40. The van der Waals surface area contributed by atoms with Crippen LogP contribution < -0.4 is 0 Å². The quantitative estimate of drug-likeness (QED) is 0.267. The van der Waals surface area contributed by atoms with Gasteiger partial charge in [0.25, 0.3) is 0 Å². The van der Waals surface area contributed by atoms with Gasteiger partial charge in [-0.25, -0.2) is 0 Å². The molecule has 1 N–H and O–H groups in total. The Bertz CT molecular complexity index is 250. The van der Waals surface area contributed by atoms with E-state index in [1.165, 1.54) is 89.9 Å². The molecule has 0 saturated heterocycles. The van der Waals surface area contributed by atoms with Crippen LogP contribution in [0.2, 0.25) is 0 Å². The number of rotatable bonds is 18. The molecule has 0 aliphatic carbocycles. The Morgan fingerprint density at radius 1 is 0.696 bits per heavy atom. The van der Waals surface area contributed by atoms with Crippen molar-refractivity contribution in [2.24, 2.45) is 5.92 Å². The van der Waals surface area contributed by atoms with E-state index in [1.807, 2.05) is 0 Å². The lowest BCUT2D eigenvalue weighted by Crippen LogP contribution is -1.93. The van der Waals surface area contributed by atoms with E-state index >= 15 is 0 Å². The van der Waals surface area contributed by atoms with Crippen molar-refractivity contribution in [2.45, 2.75) is 123 Å². The highest BCUT2D eigenvalue weighted by Crippen LogP contribution is 2.16. The molecule has 0 spiro atoms. The molecule has 0 rings (SSSR count). The molecule has 0 aromatic rings. The van der Waals surface area contributed by atoms with Crippen LogP contribution in [0.4, 0.5) is 0 Å². The molecule has 2 heteroatoms. The van der Waals surface area contributed by atoms with Gasteiger partial charge in [0.2, 0.25) is 0 Å². The van der Waals surface area contributed by atoms with E-state index in [9.17, 15) is 4.79 Å². The number of hydrogen-bond acceptors (Lipinski definition) is 1. The second-order valence-corrected chi connectivity index (χ2v) is 7.40. The van der Waals surface area contributed by atoms with Crippen LogP contribution in [-0.2, 0) is 4.79 Å². The molecule has 1 atom stereocenters. The van der Waals surface area contributed by atoms with Crippen molar-refractivity contribution in [3.05, 3.63) is 0 Å². The monoisotopic (exact) mass is 326 g/mol. The third kappa shape index (κ3) is 19.4. The third-order valence-electron chi connectivity index (χ3n) is 5.03. The second kappa shape index (κ2) is 17.8. The summed E-state index contributed by atoms with van der Waals surface area (Å²) in [6.07, 6.45) is 21.6. The number of carboxylic acid groups (broad SMARTS) is 1. The SMILES string of the molecule is CC[C@@H](C)CCCCCCCCCCCCCCCCC(=O)O. The van der Waals surface area contributed by atoms with Gasteiger partial charge in [-0.15, -0.1) is 0 Å². The van der Waals surface area contributed by atoms with E-state index in [0.29, 0.717) is 6.42 Å². The van der Waals surface area contributed by atoms with Crippen LogP contribution in [0.5, 0.6) is 0 Å². The summed E-state index contributed by atoms with van der Waals surface area (Å²) >= 11 is 0. The van der Waals surface area contributed by atoms with E-state index in [4.69, 9.17) is 5.11 Å². The summed E-state index contributed by atoms with van der Waals surface area (Å²) in [5, 5.41) is 8.55. The molecule has 0 radical (unpaired) electrons. The number of carbonyl (C=O) groups is 1. The first-order chi connectivity index (χ1) is 11.2. The average Bonchev–Trinajstić information content (AvgIpc) is 2.53. The van der Waals surface area contributed by atoms with Gasteiger partial charge in [0.05, 0.1) is 0 Å². The molecule has 0 amide bonds. The van der Waals surface area contributed by atoms with Crippen LogP contribution in [0.15, 0.2) is 0 Å². The van der Waals surface area contributed by atoms with Crippen molar-refractivity contribution in [3.8, 4) is 0 Å². The molecule has 0 aliphatic rings. The van der Waals surface area contributed by atoms with Crippen molar-refractivity contribution in [1.82, 2.24) is 0 Å². The van der Waals surface area contributed by atoms with Gasteiger partial charge >= 0.3 is 5.97 Å². The van der Waals surface area contributed by atoms with Crippen LogP contribution in [0.3, 0.4) is 0 Å². The lowest BCUT2D eigenvalue weighted by atomic mass is 9.99. The minimum absolute atomic E-state index is 0.345. The minimum atomic E-state index is -0.652. The zero-order valence-corrected chi connectivity index (χ0v) is 16.0. The molecular weight excluding hydrogens is 284 g/mol. The molecular formula is C21H42O2. The lowest BCUT2D eigenvalue weighted by Gasteiger charge is -2.07. The molecule has 0 aliphatic heterocycles. The number of hydrogen-bond donors (Lipinski definition) is 1. The van der Waals surface area contributed by atoms with Gasteiger partial charge in [0, 0.05) is 6.42 Å². The number of unbranched alkanes of at least 4 members (excludes halogenated alkanes) is 13. The first kappa shape index (κ1) is 22.5. The molecule has 138 valence electrons. The van der Waals surface area contributed by atoms with Crippen LogP contribution in [0.1, 0.15) is 123 Å². The molecule has 2 nitrogen and oxygen atoms in total. The van der Waals surface area contributed by atoms with Crippen molar-refractivity contribution in [3.63, 3.8) is 0 Å². The molecule has 0 aromatic carbocycles. The Balaban J connectivity index is 3.01. The molecule has 0 fully saturated rings. The molecule has 0 heterocycles. The summed E-state index contributed by atoms with van der Waals surface area (Å²) in [6.45, 7) is 4.67. The molecule has 23 heavy (non-hydrogen) atoms. The topological polar surface area (TPSA) is 37.3 Å². The Morgan fingerprint density at radius 2 is 1.04 bits per heavy atom. The van der Waals surface area contributed by atoms with Crippen LogP contribution in [0, 0.1) is 5.92 Å². The van der Waals surface area contributed by atoms with Crippen molar-refractivity contribution < 1.29 is 9.90 Å². The van der Waals surface area contributed by atoms with E-state index in [2.05, 4.69) is 13.8 Å². The largest absolute Gasteiger partial charge is 0.481 e. The van der Waals surface area contributed by atoms with Gasteiger partial charge in [-0.3, -0.25) is 4.79 Å². The summed E-state index contributed by atoms with van der Waals surface area (Å²) in [5.41, 5.74) is 0. The van der Waals surface area contributed by atoms with Gasteiger partial charge in [-0.05, 0) is 12.3 Å². The smallest absolute Gasteiger partial charge is 0.303 e. The number of carboxylic acids is 1. The Hall–Kier alpha value is -0.530. The summed E-state index contributed by atoms with van der Waals surface area (Å²) in [6, 6.07) is 0. The number of aliphatic carboxylic acids is 1. The highest BCUT2D eigenvalue weighted by molar-refractivity contribution is 5.66. The van der Waals surface area contributed by atoms with Crippen LogP contribution >= 0.6 is 0 Å². The zero-order chi connectivity index (χ0) is 17.2. The molecule has 0 aromatic heterocycles. The Morgan fingerprint density at radius 3 is 1.39 bits per heavy atom. The van der Waals surface area contributed by atoms with Gasteiger partial charge < -0.3 is 5.11 Å². The zero-order valence-electron chi connectivity index (χ0n) is 16.0. The molecule has 0 saturated carbocycles. The third-order valence-corrected chi connectivity index (χ3v) is 5.03. The Labute approximate surface area is 145 Å².